The quantitative estimate of drug-likeness (QED) is 0.837. The third-order valence-corrected chi connectivity index (χ3v) is 2.53. The molecule has 1 heterocycles. The van der Waals surface area contributed by atoms with Crippen LogP contribution in [-0.4, -0.2) is 19.8 Å². The van der Waals surface area contributed by atoms with Gasteiger partial charge in [0.15, 0.2) is 0 Å². The summed E-state index contributed by atoms with van der Waals surface area (Å²) in [4.78, 5) is 15.0. The van der Waals surface area contributed by atoms with Crippen molar-refractivity contribution in [1.29, 1.82) is 5.26 Å². The van der Waals surface area contributed by atoms with E-state index in [0.29, 0.717) is 16.7 Å². The molecule has 20 heavy (non-hydrogen) atoms. The maximum Gasteiger partial charge on any atom is 0.436 e. The van der Waals surface area contributed by atoms with Gasteiger partial charge in [0.05, 0.1) is 13.7 Å². The number of carbonyl (C=O) groups is 1. The van der Waals surface area contributed by atoms with Crippen LogP contribution >= 0.6 is 0 Å². The van der Waals surface area contributed by atoms with Crippen molar-refractivity contribution in [2.24, 2.45) is 4.99 Å². The first kappa shape index (κ1) is 13.6. The molecule has 6 heteroatoms. The van der Waals surface area contributed by atoms with Gasteiger partial charge in [0.2, 0.25) is 5.55 Å². The smallest absolute Gasteiger partial charge is 0.436 e. The summed E-state index contributed by atoms with van der Waals surface area (Å²) in [7, 11) is 1.55. The Morgan fingerprint density at radius 3 is 2.90 bits per heavy atom. The predicted molar refractivity (Wildman–Crippen MR) is 70.1 cm³/mol. The summed E-state index contributed by atoms with van der Waals surface area (Å²) in [6, 6.07) is 8.64. The van der Waals surface area contributed by atoms with E-state index in [1.807, 2.05) is 6.07 Å². The van der Waals surface area contributed by atoms with Crippen molar-refractivity contribution in [2.45, 2.75) is 6.92 Å². The molecule has 0 aliphatic carbocycles. The van der Waals surface area contributed by atoms with Crippen LogP contribution in [0.3, 0.4) is 0 Å². The van der Waals surface area contributed by atoms with Gasteiger partial charge in [-0.2, -0.15) is 5.26 Å². The number of nitriles is 1. The molecule has 0 atom stereocenters. The van der Waals surface area contributed by atoms with Crippen LogP contribution in [0.1, 0.15) is 12.5 Å². The number of amides is 1. The molecule has 1 aromatic heterocycles. The summed E-state index contributed by atoms with van der Waals surface area (Å²) >= 11 is 0. The number of methoxy groups -OCH3 is 1. The van der Waals surface area contributed by atoms with E-state index >= 15 is 0 Å². The van der Waals surface area contributed by atoms with Gasteiger partial charge in [-0.15, -0.1) is 4.99 Å². The Kier molecular flexibility index (Phi) is 4.01. The average Bonchev–Trinajstić information content (AvgIpc) is 2.46. The normalized spacial score (nSPS) is 11.2. The van der Waals surface area contributed by atoms with Crippen LogP contribution < -0.4 is 10.3 Å². The third kappa shape index (κ3) is 2.78. The highest BCUT2D eigenvalue weighted by Gasteiger charge is 2.07. The molecule has 2 aromatic rings. The van der Waals surface area contributed by atoms with Crippen molar-refractivity contribution in [2.75, 3.05) is 13.7 Å². The number of carbonyl (C=O) groups excluding carboxylic acids is 1. The van der Waals surface area contributed by atoms with Gasteiger partial charge in [-0.25, -0.2) is 4.79 Å². The van der Waals surface area contributed by atoms with Crippen LogP contribution in [0, 0.1) is 11.3 Å². The molecule has 102 valence electrons. The van der Waals surface area contributed by atoms with Crippen molar-refractivity contribution in [3.63, 3.8) is 0 Å². The SMILES string of the molecule is CCOC(=O)/N=c1\oc2ccc(OC)cc2cc1C#N. The van der Waals surface area contributed by atoms with Gasteiger partial charge in [0, 0.05) is 5.39 Å². The Hall–Kier alpha value is -2.81. The van der Waals surface area contributed by atoms with E-state index in [-0.39, 0.29) is 17.7 Å². The van der Waals surface area contributed by atoms with E-state index < -0.39 is 6.09 Å². The maximum absolute atomic E-state index is 11.3. The van der Waals surface area contributed by atoms with E-state index in [1.165, 1.54) is 0 Å². The van der Waals surface area contributed by atoms with Crippen LogP contribution in [0.4, 0.5) is 4.79 Å². The van der Waals surface area contributed by atoms with Gasteiger partial charge in [0.1, 0.15) is 23.0 Å². The van der Waals surface area contributed by atoms with E-state index in [2.05, 4.69) is 4.99 Å². The lowest BCUT2D eigenvalue weighted by atomic mass is 10.2. The Morgan fingerprint density at radius 2 is 2.25 bits per heavy atom. The topological polar surface area (TPSA) is 84.8 Å². The largest absolute Gasteiger partial charge is 0.497 e. The molecule has 0 radical (unpaired) electrons. The first-order chi connectivity index (χ1) is 9.67. The second-order valence-electron chi connectivity index (χ2n) is 3.79. The lowest BCUT2D eigenvalue weighted by molar-refractivity contribution is 0.161. The fourth-order valence-corrected chi connectivity index (χ4v) is 1.64. The summed E-state index contributed by atoms with van der Waals surface area (Å²) in [5, 5.41) is 9.78. The van der Waals surface area contributed by atoms with Crippen molar-refractivity contribution >= 4 is 17.1 Å². The van der Waals surface area contributed by atoms with Crippen LogP contribution in [0.2, 0.25) is 0 Å². The van der Waals surface area contributed by atoms with E-state index in [1.54, 1.807) is 38.3 Å². The fourth-order valence-electron chi connectivity index (χ4n) is 1.64. The number of nitrogens with zero attached hydrogens (tertiary/aromatic N) is 2. The fraction of sp³-hybridized carbons (Fsp3) is 0.214. The first-order valence-electron chi connectivity index (χ1n) is 5.91. The maximum atomic E-state index is 11.3. The van der Waals surface area contributed by atoms with Gasteiger partial charge in [-0.3, -0.25) is 0 Å². The third-order valence-electron chi connectivity index (χ3n) is 2.53. The zero-order chi connectivity index (χ0) is 14.5. The second kappa shape index (κ2) is 5.89. The number of hydrogen-bond acceptors (Lipinski definition) is 5. The minimum Gasteiger partial charge on any atom is -0.497 e. The van der Waals surface area contributed by atoms with Crippen molar-refractivity contribution < 1.29 is 18.7 Å². The van der Waals surface area contributed by atoms with E-state index in [4.69, 9.17) is 19.2 Å². The van der Waals surface area contributed by atoms with Gasteiger partial charge in [-0.1, -0.05) is 0 Å². The predicted octanol–water partition coefficient (Wildman–Crippen LogP) is 2.37. The van der Waals surface area contributed by atoms with E-state index in [0.717, 1.165) is 0 Å². The number of fused-ring (bicyclic) bond motifs is 1. The molecule has 0 fully saturated rings. The molecular weight excluding hydrogens is 260 g/mol. The molecule has 1 amide bonds. The Labute approximate surface area is 114 Å². The Bertz CT molecular complexity index is 756. The van der Waals surface area contributed by atoms with Crippen LogP contribution in [0.5, 0.6) is 5.75 Å². The highest BCUT2D eigenvalue weighted by atomic mass is 16.5. The summed E-state index contributed by atoms with van der Waals surface area (Å²) in [5.41, 5.74) is 0.579. The summed E-state index contributed by atoms with van der Waals surface area (Å²) in [6.07, 6.45) is -0.791. The van der Waals surface area contributed by atoms with Crippen molar-refractivity contribution in [3.8, 4) is 11.8 Å². The standard InChI is InChI=1S/C14H12N2O4/c1-3-19-14(17)16-13-10(8-15)6-9-7-11(18-2)4-5-12(9)20-13/h4-7H,3H2,1-2H3/b16-13-. The number of hydrogen-bond donors (Lipinski definition) is 0. The minimum absolute atomic E-state index is 0.0661. The summed E-state index contributed by atoms with van der Waals surface area (Å²) < 4.78 is 15.3. The molecule has 1 aromatic carbocycles. The highest BCUT2D eigenvalue weighted by molar-refractivity contribution is 5.79. The summed E-state index contributed by atoms with van der Waals surface area (Å²) in [6.45, 7) is 1.87. The zero-order valence-corrected chi connectivity index (χ0v) is 11.0. The van der Waals surface area contributed by atoms with Gasteiger partial charge < -0.3 is 13.9 Å². The van der Waals surface area contributed by atoms with E-state index in [9.17, 15) is 4.79 Å². The molecule has 0 N–H and O–H groups in total. The number of rotatable bonds is 2. The Balaban J connectivity index is 2.62. The molecule has 0 spiro atoms. The molecule has 0 aliphatic heterocycles. The second-order valence-corrected chi connectivity index (χ2v) is 3.79. The number of ether oxygens (including phenoxy) is 2. The molecule has 0 saturated heterocycles. The van der Waals surface area contributed by atoms with Gasteiger partial charge in [-0.05, 0) is 31.2 Å². The lowest BCUT2D eigenvalue weighted by Crippen LogP contribution is -2.11. The van der Waals surface area contributed by atoms with Crippen LogP contribution in [-0.2, 0) is 4.74 Å². The minimum atomic E-state index is -0.791. The highest BCUT2D eigenvalue weighted by Crippen LogP contribution is 2.20. The summed E-state index contributed by atoms with van der Waals surface area (Å²) in [5.74, 6) is 0.645. The molecule has 0 bridgehead atoms. The van der Waals surface area contributed by atoms with Gasteiger partial charge in [0.25, 0.3) is 0 Å². The molecule has 0 unspecified atom stereocenters. The molecular formula is C14H12N2O4. The average molecular weight is 272 g/mol. The van der Waals surface area contributed by atoms with Gasteiger partial charge >= 0.3 is 6.09 Å². The van der Waals surface area contributed by atoms with Crippen molar-refractivity contribution in [1.82, 2.24) is 0 Å². The number of benzene rings is 1. The van der Waals surface area contributed by atoms with Crippen LogP contribution in [0.15, 0.2) is 33.7 Å². The monoisotopic (exact) mass is 272 g/mol. The molecule has 0 aliphatic rings. The zero-order valence-electron chi connectivity index (χ0n) is 11.0. The van der Waals surface area contributed by atoms with Crippen LogP contribution in [0.25, 0.3) is 11.0 Å². The first-order valence-corrected chi connectivity index (χ1v) is 5.91. The van der Waals surface area contributed by atoms with Crippen molar-refractivity contribution in [3.05, 3.63) is 35.4 Å². The molecule has 0 saturated carbocycles. The molecule has 2 rings (SSSR count). The Morgan fingerprint density at radius 1 is 1.45 bits per heavy atom. The molecule has 6 nitrogen and oxygen atoms in total. The lowest BCUT2D eigenvalue weighted by Gasteiger charge is -2.02.